The number of hydrogen-bond donors (Lipinski definition) is 2. The quantitative estimate of drug-likeness (QED) is 0.869. The highest BCUT2D eigenvalue weighted by atomic mass is 16.5. The van der Waals surface area contributed by atoms with Gasteiger partial charge in [0.05, 0.1) is 7.11 Å². The Bertz CT molecular complexity index is 697. The van der Waals surface area contributed by atoms with E-state index in [2.05, 4.69) is 15.6 Å². The maximum Gasteiger partial charge on any atom is 0.274 e. The van der Waals surface area contributed by atoms with Gasteiger partial charge < -0.3 is 15.4 Å². The number of benzene rings is 1. The van der Waals surface area contributed by atoms with Gasteiger partial charge in [0.1, 0.15) is 11.4 Å². The van der Waals surface area contributed by atoms with Crippen LogP contribution >= 0.6 is 0 Å². The normalized spacial score (nSPS) is 14.9. The number of hydrogen-bond acceptors (Lipinski definition) is 4. The highest BCUT2D eigenvalue weighted by molar-refractivity contribution is 6.03. The number of nitrogens with one attached hydrogen (secondary N) is 2. The van der Waals surface area contributed by atoms with Crippen molar-refractivity contribution in [2.24, 2.45) is 0 Å². The molecule has 1 aromatic heterocycles. The van der Waals surface area contributed by atoms with Gasteiger partial charge in [-0.1, -0.05) is 25.3 Å². The second-order valence-corrected chi connectivity index (χ2v) is 6.10. The van der Waals surface area contributed by atoms with Gasteiger partial charge in [-0.15, -0.1) is 0 Å². The lowest BCUT2D eigenvalue weighted by molar-refractivity contribution is 0.102. The van der Waals surface area contributed by atoms with E-state index >= 15 is 0 Å². The molecule has 0 saturated heterocycles. The van der Waals surface area contributed by atoms with Crippen LogP contribution in [0.3, 0.4) is 0 Å². The first-order valence-corrected chi connectivity index (χ1v) is 8.42. The third-order valence-corrected chi connectivity index (χ3v) is 4.30. The van der Waals surface area contributed by atoms with E-state index in [1.54, 1.807) is 19.4 Å². The Kier molecular flexibility index (Phi) is 5.31. The first-order valence-electron chi connectivity index (χ1n) is 8.42. The molecule has 0 spiro atoms. The minimum atomic E-state index is -0.226. The molecule has 1 fully saturated rings. The van der Waals surface area contributed by atoms with Gasteiger partial charge in [-0.25, -0.2) is 0 Å². The van der Waals surface area contributed by atoms with Crippen LogP contribution in [0.15, 0.2) is 42.6 Å². The molecule has 24 heavy (non-hydrogen) atoms. The van der Waals surface area contributed by atoms with Crippen LogP contribution in [0.25, 0.3) is 0 Å². The average Bonchev–Trinajstić information content (AvgIpc) is 2.63. The van der Waals surface area contributed by atoms with Gasteiger partial charge in [0, 0.05) is 29.7 Å². The van der Waals surface area contributed by atoms with Gasteiger partial charge in [0.2, 0.25) is 0 Å². The SMILES string of the molecule is COc1cccc(NC(=O)c2cc(NC3CCCCC3)ccn2)c1. The molecule has 1 aliphatic rings. The Morgan fingerprint density at radius 1 is 1.12 bits per heavy atom. The molecule has 1 saturated carbocycles. The molecule has 0 unspecified atom stereocenters. The number of nitrogens with zero attached hydrogens (tertiary/aromatic N) is 1. The summed E-state index contributed by atoms with van der Waals surface area (Å²) in [6.07, 6.45) is 7.91. The van der Waals surface area contributed by atoms with Crippen molar-refractivity contribution in [1.82, 2.24) is 4.98 Å². The van der Waals surface area contributed by atoms with E-state index in [9.17, 15) is 4.79 Å². The summed E-state index contributed by atoms with van der Waals surface area (Å²) in [6, 6.07) is 11.5. The van der Waals surface area contributed by atoms with Crippen molar-refractivity contribution < 1.29 is 9.53 Å². The number of pyridine rings is 1. The van der Waals surface area contributed by atoms with E-state index in [1.165, 1.54) is 32.1 Å². The zero-order valence-corrected chi connectivity index (χ0v) is 13.9. The van der Waals surface area contributed by atoms with Crippen molar-refractivity contribution in [3.63, 3.8) is 0 Å². The van der Waals surface area contributed by atoms with Crippen LogP contribution in [0.5, 0.6) is 5.75 Å². The third-order valence-electron chi connectivity index (χ3n) is 4.30. The van der Waals surface area contributed by atoms with Gasteiger partial charge in [-0.3, -0.25) is 9.78 Å². The standard InChI is InChI=1S/C19H23N3O2/c1-24-17-9-5-8-15(12-17)22-19(23)18-13-16(10-11-20-18)21-14-6-3-2-4-7-14/h5,8-14H,2-4,6-7H2,1H3,(H,20,21)(H,22,23). The second kappa shape index (κ2) is 7.81. The van der Waals surface area contributed by atoms with Gasteiger partial charge >= 0.3 is 0 Å². The molecule has 0 atom stereocenters. The van der Waals surface area contributed by atoms with E-state index in [4.69, 9.17) is 4.74 Å². The summed E-state index contributed by atoms with van der Waals surface area (Å²) < 4.78 is 5.17. The molecule has 2 aromatic rings. The molecule has 126 valence electrons. The molecule has 3 rings (SSSR count). The lowest BCUT2D eigenvalue weighted by atomic mass is 9.95. The summed E-state index contributed by atoms with van der Waals surface area (Å²) in [6.45, 7) is 0. The van der Waals surface area contributed by atoms with E-state index in [-0.39, 0.29) is 5.91 Å². The van der Waals surface area contributed by atoms with Gasteiger partial charge in [-0.2, -0.15) is 0 Å². The van der Waals surface area contributed by atoms with Crippen molar-refractivity contribution in [1.29, 1.82) is 0 Å². The fraction of sp³-hybridized carbons (Fsp3) is 0.368. The fourth-order valence-electron chi connectivity index (χ4n) is 3.02. The summed E-state index contributed by atoms with van der Waals surface area (Å²) in [5.41, 5.74) is 2.04. The highest BCUT2D eigenvalue weighted by Crippen LogP contribution is 2.22. The predicted octanol–water partition coefficient (Wildman–Crippen LogP) is 4.09. The molecule has 1 aliphatic carbocycles. The summed E-state index contributed by atoms with van der Waals surface area (Å²) in [4.78, 5) is 16.6. The Labute approximate surface area is 142 Å². The summed E-state index contributed by atoms with van der Waals surface area (Å²) in [5, 5.41) is 6.37. The van der Waals surface area contributed by atoms with Gasteiger partial charge in [0.25, 0.3) is 5.91 Å². The van der Waals surface area contributed by atoms with Crippen LogP contribution in [0.4, 0.5) is 11.4 Å². The van der Waals surface area contributed by atoms with Gasteiger partial charge in [-0.05, 0) is 37.1 Å². The van der Waals surface area contributed by atoms with Crippen LogP contribution in [-0.4, -0.2) is 24.0 Å². The number of anilines is 2. The number of carbonyl (C=O) groups is 1. The lowest BCUT2D eigenvalue weighted by Gasteiger charge is -2.23. The number of rotatable bonds is 5. The van der Waals surface area contributed by atoms with Crippen LogP contribution in [0, 0.1) is 0 Å². The van der Waals surface area contributed by atoms with Crippen molar-refractivity contribution in [2.75, 3.05) is 17.7 Å². The smallest absolute Gasteiger partial charge is 0.274 e. The van der Waals surface area contributed by atoms with Crippen molar-refractivity contribution in [3.8, 4) is 5.75 Å². The Balaban J connectivity index is 1.67. The average molecular weight is 325 g/mol. The molecular formula is C19H23N3O2. The topological polar surface area (TPSA) is 63.2 Å². The fourth-order valence-corrected chi connectivity index (χ4v) is 3.02. The maximum absolute atomic E-state index is 12.4. The third kappa shape index (κ3) is 4.25. The first kappa shape index (κ1) is 16.3. The number of methoxy groups -OCH3 is 1. The van der Waals surface area contributed by atoms with Crippen LogP contribution in [0.2, 0.25) is 0 Å². The minimum absolute atomic E-state index is 0.226. The van der Waals surface area contributed by atoms with Crippen molar-refractivity contribution in [2.45, 2.75) is 38.1 Å². The zero-order chi connectivity index (χ0) is 16.8. The Hall–Kier alpha value is -2.56. The molecule has 5 heteroatoms. The van der Waals surface area contributed by atoms with E-state index in [0.717, 1.165) is 5.69 Å². The number of aromatic nitrogens is 1. The van der Waals surface area contributed by atoms with E-state index in [0.29, 0.717) is 23.2 Å². The summed E-state index contributed by atoms with van der Waals surface area (Å²) >= 11 is 0. The Morgan fingerprint density at radius 2 is 1.96 bits per heavy atom. The first-order chi connectivity index (χ1) is 11.7. The molecule has 1 heterocycles. The van der Waals surface area contributed by atoms with Crippen molar-refractivity contribution >= 4 is 17.3 Å². The lowest BCUT2D eigenvalue weighted by Crippen LogP contribution is -2.22. The largest absolute Gasteiger partial charge is 0.497 e. The van der Waals surface area contributed by atoms with Crippen LogP contribution < -0.4 is 15.4 Å². The predicted molar refractivity (Wildman–Crippen MR) is 95.7 cm³/mol. The van der Waals surface area contributed by atoms with Crippen molar-refractivity contribution in [3.05, 3.63) is 48.3 Å². The molecule has 0 aliphatic heterocycles. The number of ether oxygens (including phenoxy) is 1. The van der Waals surface area contributed by atoms with Crippen LogP contribution in [-0.2, 0) is 0 Å². The van der Waals surface area contributed by atoms with E-state index in [1.807, 2.05) is 30.3 Å². The molecule has 0 bridgehead atoms. The molecule has 1 amide bonds. The monoisotopic (exact) mass is 325 g/mol. The number of carbonyl (C=O) groups excluding carboxylic acids is 1. The Morgan fingerprint density at radius 3 is 2.75 bits per heavy atom. The molecule has 5 nitrogen and oxygen atoms in total. The summed E-state index contributed by atoms with van der Waals surface area (Å²) in [5.74, 6) is 0.476. The molecule has 2 N–H and O–H groups in total. The molecule has 1 aromatic carbocycles. The van der Waals surface area contributed by atoms with Crippen LogP contribution in [0.1, 0.15) is 42.6 Å². The number of amides is 1. The maximum atomic E-state index is 12.4. The highest BCUT2D eigenvalue weighted by Gasteiger charge is 2.14. The summed E-state index contributed by atoms with van der Waals surface area (Å²) in [7, 11) is 1.60. The zero-order valence-electron chi connectivity index (χ0n) is 13.9. The van der Waals surface area contributed by atoms with Gasteiger partial charge in [0.15, 0.2) is 0 Å². The molecule has 0 radical (unpaired) electrons. The molecular weight excluding hydrogens is 302 g/mol. The minimum Gasteiger partial charge on any atom is -0.497 e. The second-order valence-electron chi connectivity index (χ2n) is 6.10. The van der Waals surface area contributed by atoms with E-state index < -0.39 is 0 Å².